The summed E-state index contributed by atoms with van der Waals surface area (Å²) in [5.41, 5.74) is 2.21. The number of nitrogens with one attached hydrogen (secondary N) is 1. The van der Waals surface area contributed by atoms with Crippen LogP contribution in [0.2, 0.25) is 0 Å². The van der Waals surface area contributed by atoms with Gasteiger partial charge in [0.05, 0.1) is 18.4 Å². The number of carbonyl (C=O) groups is 2. The number of fused-ring (bicyclic) bond motifs is 1. The van der Waals surface area contributed by atoms with Gasteiger partial charge in [0.1, 0.15) is 5.52 Å². The maximum atomic E-state index is 12.8. The molecule has 27 heavy (non-hydrogen) atoms. The number of rotatable bonds is 5. The van der Waals surface area contributed by atoms with E-state index in [0.717, 1.165) is 11.2 Å². The molecule has 0 bridgehead atoms. The Labute approximate surface area is 158 Å². The molecule has 0 spiro atoms. The lowest BCUT2D eigenvalue weighted by molar-refractivity contribution is -0.123. The highest BCUT2D eigenvalue weighted by atomic mass is 16.2. The SMILES string of the molecule is CC(C)NC(=O)CN1CCN(C(=O)c2cnc3c(c2)ncn3C2CC2)CC1. The molecule has 2 fully saturated rings. The van der Waals surface area contributed by atoms with Crippen LogP contribution in [-0.2, 0) is 4.79 Å². The Morgan fingerprint density at radius 3 is 2.59 bits per heavy atom. The fraction of sp³-hybridized carbons (Fsp3) is 0.579. The fourth-order valence-electron chi connectivity index (χ4n) is 3.52. The molecule has 0 unspecified atom stereocenters. The molecule has 0 aromatic carbocycles. The summed E-state index contributed by atoms with van der Waals surface area (Å²) in [5, 5.41) is 2.90. The van der Waals surface area contributed by atoms with Gasteiger partial charge in [-0.15, -0.1) is 0 Å². The number of hydrogen-bond donors (Lipinski definition) is 1. The first-order valence-corrected chi connectivity index (χ1v) is 9.65. The Hall–Kier alpha value is -2.48. The van der Waals surface area contributed by atoms with E-state index in [9.17, 15) is 9.59 Å². The zero-order valence-corrected chi connectivity index (χ0v) is 15.9. The monoisotopic (exact) mass is 370 g/mol. The van der Waals surface area contributed by atoms with Crippen molar-refractivity contribution in [3.8, 4) is 0 Å². The quantitative estimate of drug-likeness (QED) is 0.851. The molecule has 1 aliphatic heterocycles. The molecule has 3 heterocycles. The highest BCUT2D eigenvalue weighted by Gasteiger charge is 2.27. The van der Waals surface area contributed by atoms with E-state index < -0.39 is 0 Å². The van der Waals surface area contributed by atoms with Gasteiger partial charge in [-0.1, -0.05) is 0 Å². The minimum Gasteiger partial charge on any atom is -0.353 e. The van der Waals surface area contributed by atoms with Crippen molar-refractivity contribution in [1.82, 2.24) is 29.7 Å². The van der Waals surface area contributed by atoms with Crippen LogP contribution in [0.5, 0.6) is 0 Å². The minimum atomic E-state index is -0.0170. The predicted molar refractivity (Wildman–Crippen MR) is 101 cm³/mol. The van der Waals surface area contributed by atoms with E-state index in [1.807, 2.05) is 31.1 Å². The molecule has 1 saturated carbocycles. The number of carbonyl (C=O) groups excluding carboxylic acids is 2. The van der Waals surface area contributed by atoms with Crippen molar-refractivity contribution >= 4 is 23.0 Å². The fourth-order valence-corrected chi connectivity index (χ4v) is 3.52. The number of pyridine rings is 1. The van der Waals surface area contributed by atoms with Crippen LogP contribution in [0, 0.1) is 0 Å². The molecule has 2 aromatic rings. The molecule has 1 saturated heterocycles. The Bertz CT molecular complexity index is 849. The zero-order chi connectivity index (χ0) is 19.0. The van der Waals surface area contributed by atoms with Crippen LogP contribution < -0.4 is 5.32 Å². The van der Waals surface area contributed by atoms with Crippen LogP contribution in [0.1, 0.15) is 43.1 Å². The molecule has 2 amide bonds. The lowest BCUT2D eigenvalue weighted by Gasteiger charge is -2.34. The smallest absolute Gasteiger partial charge is 0.255 e. The highest BCUT2D eigenvalue weighted by molar-refractivity contribution is 5.96. The lowest BCUT2D eigenvalue weighted by atomic mass is 10.2. The van der Waals surface area contributed by atoms with Crippen molar-refractivity contribution in [2.75, 3.05) is 32.7 Å². The van der Waals surface area contributed by atoms with Crippen LogP contribution in [0.25, 0.3) is 11.2 Å². The topological polar surface area (TPSA) is 83.4 Å². The largest absolute Gasteiger partial charge is 0.353 e. The van der Waals surface area contributed by atoms with Crippen molar-refractivity contribution in [2.24, 2.45) is 0 Å². The molecule has 8 nitrogen and oxygen atoms in total. The lowest BCUT2D eigenvalue weighted by Crippen LogP contribution is -2.51. The third-order valence-electron chi connectivity index (χ3n) is 5.08. The van der Waals surface area contributed by atoms with Gasteiger partial charge < -0.3 is 14.8 Å². The minimum absolute atomic E-state index is 0.0170. The summed E-state index contributed by atoms with van der Waals surface area (Å²) in [6.45, 7) is 6.91. The first kappa shape index (κ1) is 17.9. The van der Waals surface area contributed by atoms with Crippen molar-refractivity contribution in [3.63, 3.8) is 0 Å². The number of imidazole rings is 1. The number of hydrogen-bond acceptors (Lipinski definition) is 5. The van der Waals surface area contributed by atoms with E-state index in [1.165, 1.54) is 12.8 Å². The van der Waals surface area contributed by atoms with E-state index in [0.29, 0.717) is 44.3 Å². The molecule has 4 rings (SSSR count). The summed E-state index contributed by atoms with van der Waals surface area (Å²) in [5.74, 6) is 0.0160. The molecule has 8 heteroatoms. The van der Waals surface area contributed by atoms with E-state index in [2.05, 4.69) is 24.8 Å². The summed E-state index contributed by atoms with van der Waals surface area (Å²) >= 11 is 0. The summed E-state index contributed by atoms with van der Waals surface area (Å²) < 4.78 is 2.10. The second-order valence-corrected chi connectivity index (χ2v) is 7.74. The van der Waals surface area contributed by atoms with Gasteiger partial charge in [0.25, 0.3) is 5.91 Å². The second kappa shape index (κ2) is 7.26. The van der Waals surface area contributed by atoms with E-state index in [4.69, 9.17) is 0 Å². The van der Waals surface area contributed by atoms with Gasteiger partial charge in [0.15, 0.2) is 5.65 Å². The Morgan fingerprint density at radius 2 is 1.93 bits per heavy atom. The second-order valence-electron chi connectivity index (χ2n) is 7.74. The third-order valence-corrected chi connectivity index (χ3v) is 5.08. The number of amides is 2. The van der Waals surface area contributed by atoms with Gasteiger partial charge >= 0.3 is 0 Å². The molecule has 1 aliphatic carbocycles. The summed E-state index contributed by atoms with van der Waals surface area (Å²) in [7, 11) is 0. The average Bonchev–Trinajstić information content (AvgIpc) is 3.40. The first-order chi connectivity index (χ1) is 13.0. The predicted octanol–water partition coefficient (Wildman–Crippen LogP) is 1.05. The highest BCUT2D eigenvalue weighted by Crippen LogP contribution is 2.36. The van der Waals surface area contributed by atoms with Crippen LogP contribution in [0.15, 0.2) is 18.6 Å². The van der Waals surface area contributed by atoms with Gasteiger partial charge in [-0.2, -0.15) is 0 Å². The molecule has 2 aromatic heterocycles. The van der Waals surface area contributed by atoms with E-state index in [-0.39, 0.29) is 17.9 Å². The first-order valence-electron chi connectivity index (χ1n) is 9.65. The van der Waals surface area contributed by atoms with Crippen LogP contribution in [0.3, 0.4) is 0 Å². The Morgan fingerprint density at radius 1 is 1.19 bits per heavy atom. The van der Waals surface area contributed by atoms with Gasteiger partial charge in [0, 0.05) is 44.5 Å². The molecule has 2 aliphatic rings. The molecular weight excluding hydrogens is 344 g/mol. The van der Waals surface area contributed by atoms with Crippen LogP contribution >= 0.6 is 0 Å². The van der Waals surface area contributed by atoms with Gasteiger partial charge in [-0.25, -0.2) is 9.97 Å². The van der Waals surface area contributed by atoms with E-state index in [1.54, 1.807) is 6.20 Å². The third kappa shape index (κ3) is 3.95. The maximum absolute atomic E-state index is 12.8. The average molecular weight is 370 g/mol. The van der Waals surface area contributed by atoms with Crippen molar-refractivity contribution in [2.45, 2.75) is 38.8 Å². The molecule has 0 radical (unpaired) electrons. The molecule has 1 N–H and O–H groups in total. The normalized spacial score (nSPS) is 18.3. The summed E-state index contributed by atoms with van der Waals surface area (Å²) in [6, 6.07) is 2.50. The summed E-state index contributed by atoms with van der Waals surface area (Å²) in [6.07, 6.45) is 5.83. The van der Waals surface area contributed by atoms with Crippen LogP contribution in [-0.4, -0.2) is 74.9 Å². The van der Waals surface area contributed by atoms with Gasteiger partial charge in [-0.05, 0) is 32.8 Å². The van der Waals surface area contributed by atoms with Crippen molar-refractivity contribution < 1.29 is 9.59 Å². The van der Waals surface area contributed by atoms with Gasteiger partial charge in [0.2, 0.25) is 5.91 Å². The van der Waals surface area contributed by atoms with E-state index >= 15 is 0 Å². The maximum Gasteiger partial charge on any atom is 0.255 e. The number of nitrogens with zero attached hydrogens (tertiary/aromatic N) is 5. The Balaban J connectivity index is 1.36. The molecule has 0 atom stereocenters. The zero-order valence-electron chi connectivity index (χ0n) is 15.9. The standard InChI is InChI=1S/C19H26N6O2/c1-13(2)22-17(26)11-23-5-7-24(8-6-23)19(27)14-9-16-18(20-10-14)25(12-21-16)15-3-4-15/h9-10,12-13,15H,3-8,11H2,1-2H3,(H,22,26). The molecule has 144 valence electrons. The number of aromatic nitrogens is 3. The number of piperazine rings is 1. The van der Waals surface area contributed by atoms with Gasteiger partial charge in [-0.3, -0.25) is 14.5 Å². The van der Waals surface area contributed by atoms with Crippen molar-refractivity contribution in [3.05, 3.63) is 24.2 Å². The molecular formula is C19H26N6O2. The Kier molecular flexibility index (Phi) is 4.82. The van der Waals surface area contributed by atoms with Crippen molar-refractivity contribution in [1.29, 1.82) is 0 Å². The van der Waals surface area contributed by atoms with Crippen LogP contribution in [0.4, 0.5) is 0 Å². The summed E-state index contributed by atoms with van der Waals surface area (Å²) in [4.78, 5) is 37.5.